The van der Waals surface area contributed by atoms with E-state index in [-0.39, 0.29) is 5.54 Å². The summed E-state index contributed by atoms with van der Waals surface area (Å²) in [4.78, 5) is 0. The Bertz CT molecular complexity index is 187. The van der Waals surface area contributed by atoms with Crippen molar-refractivity contribution in [1.82, 2.24) is 10.6 Å². The second-order valence-electron chi connectivity index (χ2n) is 6.08. The van der Waals surface area contributed by atoms with Gasteiger partial charge in [0.05, 0.1) is 0 Å². The molecule has 20 heavy (non-hydrogen) atoms. The van der Waals surface area contributed by atoms with Gasteiger partial charge in [0.2, 0.25) is 0 Å². The zero-order valence-electron chi connectivity index (χ0n) is 13.8. The number of unbranched alkanes of at least 4 members (excludes halogenated alkanes) is 4. The fourth-order valence-electron chi connectivity index (χ4n) is 2.76. The van der Waals surface area contributed by atoms with E-state index in [1.165, 1.54) is 44.9 Å². The van der Waals surface area contributed by atoms with Crippen LogP contribution in [0.1, 0.15) is 64.2 Å². The maximum absolute atomic E-state index is 6.64. The van der Waals surface area contributed by atoms with Crippen molar-refractivity contribution in [2.45, 2.75) is 69.7 Å². The average molecular weight is 287 g/mol. The molecule has 122 valence electrons. The summed E-state index contributed by atoms with van der Waals surface area (Å²) in [5, 5.41) is 6.44. The lowest BCUT2D eigenvalue weighted by molar-refractivity contribution is 0.310. The highest BCUT2D eigenvalue weighted by Gasteiger charge is 2.23. The first kappa shape index (κ1) is 19.8. The van der Waals surface area contributed by atoms with Gasteiger partial charge in [-0.15, -0.1) is 0 Å². The van der Waals surface area contributed by atoms with Crippen LogP contribution in [-0.4, -0.2) is 39.3 Å². The zero-order chi connectivity index (χ0) is 15.1. The van der Waals surface area contributed by atoms with Crippen LogP contribution in [0.3, 0.4) is 0 Å². The first-order valence-corrected chi connectivity index (χ1v) is 8.46. The molecule has 0 radical (unpaired) electrons. The quantitative estimate of drug-likeness (QED) is 0.347. The van der Waals surface area contributed by atoms with E-state index in [0.29, 0.717) is 0 Å². The lowest BCUT2D eigenvalue weighted by Crippen LogP contribution is -2.41. The lowest BCUT2D eigenvalue weighted by Gasteiger charge is -2.30. The fraction of sp³-hybridized carbons (Fsp3) is 1.00. The van der Waals surface area contributed by atoms with Gasteiger partial charge >= 0.3 is 0 Å². The van der Waals surface area contributed by atoms with Gasteiger partial charge in [0.1, 0.15) is 0 Å². The number of hydrogen-bond donors (Lipinski definition) is 4. The smallest absolute Gasteiger partial charge is 0.0155 e. The van der Waals surface area contributed by atoms with Crippen molar-refractivity contribution in [1.29, 1.82) is 0 Å². The predicted molar refractivity (Wildman–Crippen MR) is 90.0 cm³/mol. The van der Waals surface area contributed by atoms with Crippen molar-refractivity contribution in [3.05, 3.63) is 0 Å². The van der Waals surface area contributed by atoms with Crippen molar-refractivity contribution in [2.75, 3.05) is 33.7 Å². The van der Waals surface area contributed by atoms with Crippen LogP contribution < -0.4 is 22.1 Å². The largest absolute Gasteiger partial charge is 0.330 e. The molecule has 0 rings (SSSR count). The first-order valence-electron chi connectivity index (χ1n) is 8.46. The van der Waals surface area contributed by atoms with Crippen LogP contribution in [0.15, 0.2) is 0 Å². The van der Waals surface area contributed by atoms with E-state index < -0.39 is 0 Å². The summed E-state index contributed by atoms with van der Waals surface area (Å²) < 4.78 is 0. The fourth-order valence-corrected chi connectivity index (χ4v) is 2.76. The van der Waals surface area contributed by atoms with E-state index in [9.17, 15) is 0 Å². The summed E-state index contributed by atoms with van der Waals surface area (Å²) >= 11 is 0. The van der Waals surface area contributed by atoms with Gasteiger partial charge in [-0.05, 0) is 72.3 Å². The van der Waals surface area contributed by atoms with Crippen LogP contribution in [0.25, 0.3) is 0 Å². The molecule has 0 heterocycles. The molecule has 0 saturated heterocycles. The minimum Gasteiger partial charge on any atom is -0.330 e. The van der Waals surface area contributed by atoms with Crippen molar-refractivity contribution in [3.8, 4) is 0 Å². The monoisotopic (exact) mass is 286 g/mol. The van der Waals surface area contributed by atoms with Gasteiger partial charge in [0.15, 0.2) is 0 Å². The van der Waals surface area contributed by atoms with Crippen molar-refractivity contribution in [3.63, 3.8) is 0 Å². The standard InChI is InChI=1S/C16H38N4/c1-19-14-8-11-16(18,12-9-15-20-2)10-6-4-3-5-7-13-17/h19-20H,3-15,17-18H2,1-2H3. The maximum atomic E-state index is 6.64. The summed E-state index contributed by atoms with van der Waals surface area (Å²) in [6.45, 7) is 2.97. The maximum Gasteiger partial charge on any atom is 0.0155 e. The number of nitrogens with one attached hydrogen (secondary N) is 2. The lowest BCUT2D eigenvalue weighted by atomic mass is 9.84. The second kappa shape index (κ2) is 13.8. The number of nitrogens with two attached hydrogens (primary N) is 2. The normalized spacial score (nSPS) is 12.0. The number of rotatable bonds is 15. The van der Waals surface area contributed by atoms with Crippen molar-refractivity contribution >= 4 is 0 Å². The molecule has 0 aromatic heterocycles. The summed E-state index contributed by atoms with van der Waals surface area (Å²) in [5.41, 5.74) is 12.2. The minimum absolute atomic E-state index is 0.0432. The molecule has 0 fully saturated rings. The Kier molecular flexibility index (Phi) is 13.7. The Hall–Kier alpha value is -0.160. The van der Waals surface area contributed by atoms with E-state index in [4.69, 9.17) is 11.5 Å². The molecule has 0 atom stereocenters. The van der Waals surface area contributed by atoms with Crippen molar-refractivity contribution < 1.29 is 0 Å². The van der Waals surface area contributed by atoms with Gasteiger partial charge in [-0.3, -0.25) is 0 Å². The highest BCUT2D eigenvalue weighted by Crippen LogP contribution is 2.23. The summed E-state index contributed by atoms with van der Waals surface area (Å²) in [6.07, 6.45) is 12.1. The molecule has 0 aliphatic rings. The molecule has 0 aromatic carbocycles. The Balaban J connectivity index is 3.89. The van der Waals surface area contributed by atoms with Gasteiger partial charge in [-0.2, -0.15) is 0 Å². The third-order valence-corrected chi connectivity index (χ3v) is 4.08. The molecule has 0 saturated carbocycles. The Morgan fingerprint density at radius 2 is 1.15 bits per heavy atom. The third-order valence-electron chi connectivity index (χ3n) is 4.08. The molecule has 0 spiro atoms. The van der Waals surface area contributed by atoms with Crippen molar-refractivity contribution in [2.24, 2.45) is 11.5 Å². The Morgan fingerprint density at radius 3 is 1.65 bits per heavy atom. The molecule has 0 aliphatic heterocycles. The summed E-state index contributed by atoms with van der Waals surface area (Å²) in [7, 11) is 4.02. The average Bonchev–Trinajstić information content (AvgIpc) is 2.43. The summed E-state index contributed by atoms with van der Waals surface area (Å²) in [5.74, 6) is 0. The van der Waals surface area contributed by atoms with Crippen LogP contribution in [-0.2, 0) is 0 Å². The molecule has 0 aliphatic carbocycles. The highest BCUT2D eigenvalue weighted by molar-refractivity contribution is 4.84. The van der Waals surface area contributed by atoms with Crippen LogP contribution >= 0.6 is 0 Å². The molecule has 0 bridgehead atoms. The molecular weight excluding hydrogens is 248 g/mol. The molecule has 0 unspecified atom stereocenters. The molecule has 0 amide bonds. The van der Waals surface area contributed by atoms with E-state index in [2.05, 4.69) is 10.6 Å². The minimum atomic E-state index is 0.0432. The van der Waals surface area contributed by atoms with Gasteiger partial charge in [0.25, 0.3) is 0 Å². The van der Waals surface area contributed by atoms with Gasteiger partial charge < -0.3 is 22.1 Å². The predicted octanol–water partition coefficient (Wildman–Crippen LogP) is 1.98. The van der Waals surface area contributed by atoms with Gasteiger partial charge in [-0.1, -0.05) is 25.7 Å². The van der Waals surface area contributed by atoms with E-state index in [1.54, 1.807) is 0 Å². The third kappa shape index (κ3) is 11.6. The molecule has 4 nitrogen and oxygen atoms in total. The molecular formula is C16H38N4. The van der Waals surface area contributed by atoms with Crippen LogP contribution in [0.4, 0.5) is 0 Å². The second-order valence-corrected chi connectivity index (χ2v) is 6.08. The molecule has 6 N–H and O–H groups in total. The van der Waals surface area contributed by atoms with Gasteiger partial charge in [0, 0.05) is 5.54 Å². The van der Waals surface area contributed by atoms with E-state index >= 15 is 0 Å². The first-order chi connectivity index (χ1) is 9.68. The molecule has 0 aromatic rings. The summed E-state index contributed by atoms with van der Waals surface area (Å²) in [6, 6.07) is 0. The Morgan fingerprint density at radius 1 is 0.700 bits per heavy atom. The zero-order valence-corrected chi connectivity index (χ0v) is 13.8. The topological polar surface area (TPSA) is 76.1 Å². The SMILES string of the molecule is CNCCCC(N)(CCCCCCCN)CCCNC. The Labute approximate surface area is 126 Å². The van der Waals surface area contributed by atoms with Crippen LogP contribution in [0, 0.1) is 0 Å². The van der Waals surface area contributed by atoms with E-state index in [1.807, 2.05) is 14.1 Å². The number of hydrogen-bond acceptors (Lipinski definition) is 4. The molecule has 4 heteroatoms. The van der Waals surface area contributed by atoms with Crippen LogP contribution in [0.2, 0.25) is 0 Å². The van der Waals surface area contributed by atoms with E-state index in [0.717, 1.165) is 38.9 Å². The highest BCUT2D eigenvalue weighted by atomic mass is 14.8. The van der Waals surface area contributed by atoms with Crippen LogP contribution in [0.5, 0.6) is 0 Å². The van der Waals surface area contributed by atoms with Gasteiger partial charge in [-0.25, -0.2) is 0 Å².